The van der Waals surface area contributed by atoms with Gasteiger partial charge in [-0.05, 0) is 24.8 Å². The summed E-state index contributed by atoms with van der Waals surface area (Å²) in [6, 6.07) is 1.31. The van der Waals surface area contributed by atoms with Crippen LogP contribution in [0.1, 0.15) is 12.8 Å². The van der Waals surface area contributed by atoms with Gasteiger partial charge in [0.1, 0.15) is 4.90 Å². The van der Waals surface area contributed by atoms with Gasteiger partial charge in [-0.1, -0.05) is 11.6 Å². The van der Waals surface area contributed by atoms with E-state index in [1.54, 1.807) is 0 Å². The Hall–Kier alpha value is -0.930. The number of hydrazine groups is 1. The first kappa shape index (κ1) is 15.5. The minimum absolute atomic E-state index is 0.0122. The molecule has 0 bridgehead atoms. The molecule has 4 N–H and O–H groups in total. The standard InChI is InChI=1S/C11H17ClN4O3S/c12-10-4-9(6-14-11(10)16-13)20(17,18)15-5-8-2-1-3-19-7-8/h4,6,8,15H,1-3,5,7,13H2,(H,14,16). The molecule has 1 aromatic heterocycles. The molecule has 0 aromatic carbocycles. The number of hydrogen-bond acceptors (Lipinski definition) is 6. The molecule has 0 amide bonds. The van der Waals surface area contributed by atoms with Crippen LogP contribution < -0.4 is 16.0 Å². The molecule has 20 heavy (non-hydrogen) atoms. The fourth-order valence-corrected chi connectivity index (χ4v) is 3.32. The van der Waals surface area contributed by atoms with Crippen LogP contribution in [0.4, 0.5) is 5.82 Å². The maximum absolute atomic E-state index is 12.1. The number of nitrogens with zero attached hydrogens (tertiary/aromatic N) is 1. The van der Waals surface area contributed by atoms with Crippen molar-refractivity contribution in [2.45, 2.75) is 17.7 Å². The number of nitrogen functional groups attached to an aromatic ring is 1. The van der Waals surface area contributed by atoms with Crippen LogP contribution in [0.15, 0.2) is 17.2 Å². The largest absolute Gasteiger partial charge is 0.381 e. The first-order chi connectivity index (χ1) is 9.53. The lowest BCUT2D eigenvalue weighted by Crippen LogP contribution is -2.33. The molecule has 0 aliphatic carbocycles. The second-order valence-corrected chi connectivity index (χ2v) is 6.76. The van der Waals surface area contributed by atoms with Gasteiger partial charge in [-0.15, -0.1) is 0 Å². The average molecular weight is 321 g/mol. The number of halogens is 1. The van der Waals surface area contributed by atoms with E-state index < -0.39 is 10.0 Å². The Kier molecular flexibility index (Phi) is 5.17. The molecular weight excluding hydrogens is 304 g/mol. The normalized spacial score (nSPS) is 19.8. The van der Waals surface area contributed by atoms with E-state index in [0.717, 1.165) is 19.4 Å². The van der Waals surface area contributed by atoms with E-state index in [1.807, 2.05) is 0 Å². The SMILES string of the molecule is NNc1ncc(S(=O)(=O)NCC2CCCOC2)cc1Cl. The van der Waals surface area contributed by atoms with E-state index in [-0.39, 0.29) is 21.7 Å². The van der Waals surface area contributed by atoms with Crippen molar-refractivity contribution < 1.29 is 13.2 Å². The van der Waals surface area contributed by atoms with Gasteiger partial charge >= 0.3 is 0 Å². The molecule has 7 nitrogen and oxygen atoms in total. The Morgan fingerprint density at radius 3 is 2.95 bits per heavy atom. The number of nitrogens with one attached hydrogen (secondary N) is 2. The number of sulfonamides is 1. The summed E-state index contributed by atoms with van der Waals surface area (Å²) >= 11 is 5.87. The third-order valence-corrected chi connectivity index (χ3v) is 4.76. The zero-order valence-corrected chi connectivity index (χ0v) is 12.4. The number of rotatable bonds is 5. The molecule has 1 unspecified atom stereocenters. The highest BCUT2D eigenvalue weighted by atomic mass is 35.5. The van der Waals surface area contributed by atoms with Gasteiger partial charge in [-0.25, -0.2) is 24.0 Å². The van der Waals surface area contributed by atoms with Crippen molar-refractivity contribution in [3.63, 3.8) is 0 Å². The fourth-order valence-electron chi connectivity index (χ4n) is 1.95. The van der Waals surface area contributed by atoms with Crippen molar-refractivity contribution >= 4 is 27.4 Å². The lowest BCUT2D eigenvalue weighted by Gasteiger charge is -2.22. The molecule has 1 atom stereocenters. The summed E-state index contributed by atoms with van der Waals surface area (Å²) in [4.78, 5) is 3.86. The lowest BCUT2D eigenvalue weighted by atomic mass is 10.0. The summed E-state index contributed by atoms with van der Waals surface area (Å²) in [6.45, 7) is 1.67. The Morgan fingerprint density at radius 1 is 1.55 bits per heavy atom. The molecule has 2 heterocycles. The fraction of sp³-hybridized carbons (Fsp3) is 0.545. The van der Waals surface area contributed by atoms with Gasteiger partial charge < -0.3 is 10.2 Å². The first-order valence-electron chi connectivity index (χ1n) is 6.22. The van der Waals surface area contributed by atoms with Gasteiger partial charge in [0, 0.05) is 19.3 Å². The van der Waals surface area contributed by atoms with Crippen LogP contribution in [0.3, 0.4) is 0 Å². The Morgan fingerprint density at radius 2 is 2.35 bits per heavy atom. The number of anilines is 1. The summed E-state index contributed by atoms with van der Waals surface area (Å²) in [5, 5.41) is 0.149. The number of nitrogens with two attached hydrogens (primary N) is 1. The molecular formula is C11H17ClN4O3S. The maximum Gasteiger partial charge on any atom is 0.242 e. The van der Waals surface area contributed by atoms with E-state index in [0.29, 0.717) is 13.2 Å². The maximum atomic E-state index is 12.1. The third kappa shape index (κ3) is 3.80. The Labute approximate surface area is 122 Å². The number of hydrogen-bond donors (Lipinski definition) is 3. The predicted molar refractivity (Wildman–Crippen MR) is 75.8 cm³/mol. The Balaban J connectivity index is 2.04. The van der Waals surface area contributed by atoms with E-state index in [2.05, 4.69) is 15.1 Å². The second-order valence-electron chi connectivity index (χ2n) is 4.58. The van der Waals surface area contributed by atoms with Gasteiger partial charge in [0.25, 0.3) is 0 Å². The highest BCUT2D eigenvalue weighted by molar-refractivity contribution is 7.89. The number of ether oxygens (including phenoxy) is 1. The van der Waals surface area contributed by atoms with Gasteiger partial charge in [0.2, 0.25) is 10.0 Å². The molecule has 1 aromatic rings. The van der Waals surface area contributed by atoms with Crippen LogP contribution in [0.25, 0.3) is 0 Å². The van der Waals surface area contributed by atoms with Crippen molar-refractivity contribution in [1.29, 1.82) is 0 Å². The molecule has 0 saturated carbocycles. The van der Waals surface area contributed by atoms with E-state index in [4.69, 9.17) is 22.2 Å². The van der Waals surface area contributed by atoms with E-state index in [1.165, 1.54) is 12.3 Å². The van der Waals surface area contributed by atoms with Gasteiger partial charge in [0.15, 0.2) is 5.82 Å². The number of pyridine rings is 1. The van der Waals surface area contributed by atoms with Crippen LogP contribution in [-0.4, -0.2) is 33.2 Å². The number of aromatic nitrogens is 1. The van der Waals surface area contributed by atoms with Crippen molar-refractivity contribution in [1.82, 2.24) is 9.71 Å². The third-order valence-electron chi connectivity index (χ3n) is 3.08. The summed E-state index contributed by atoms with van der Waals surface area (Å²) in [7, 11) is -3.63. The zero-order valence-electron chi connectivity index (χ0n) is 10.8. The summed E-state index contributed by atoms with van der Waals surface area (Å²) in [5.74, 6) is 5.62. The molecule has 1 fully saturated rings. The first-order valence-corrected chi connectivity index (χ1v) is 8.08. The summed E-state index contributed by atoms with van der Waals surface area (Å²) < 4.78 is 32.1. The van der Waals surface area contributed by atoms with E-state index >= 15 is 0 Å². The van der Waals surface area contributed by atoms with Gasteiger partial charge in [-0.3, -0.25) is 0 Å². The molecule has 0 spiro atoms. The molecule has 1 aliphatic rings. The topological polar surface area (TPSA) is 106 Å². The minimum atomic E-state index is -3.63. The van der Waals surface area contributed by atoms with Crippen molar-refractivity contribution in [3.8, 4) is 0 Å². The molecule has 1 aliphatic heterocycles. The second kappa shape index (κ2) is 6.68. The van der Waals surface area contributed by atoms with Crippen molar-refractivity contribution in [2.24, 2.45) is 11.8 Å². The monoisotopic (exact) mass is 320 g/mol. The lowest BCUT2D eigenvalue weighted by molar-refractivity contribution is 0.0568. The highest BCUT2D eigenvalue weighted by Gasteiger charge is 2.20. The Bertz CT molecular complexity index is 561. The zero-order chi connectivity index (χ0) is 14.6. The summed E-state index contributed by atoms with van der Waals surface area (Å²) in [6.07, 6.45) is 3.12. The average Bonchev–Trinajstić information content (AvgIpc) is 2.46. The van der Waals surface area contributed by atoms with Gasteiger partial charge in [0.05, 0.1) is 11.6 Å². The van der Waals surface area contributed by atoms with E-state index in [9.17, 15) is 8.42 Å². The van der Waals surface area contributed by atoms with Crippen LogP contribution >= 0.6 is 11.6 Å². The minimum Gasteiger partial charge on any atom is -0.381 e. The molecule has 1 saturated heterocycles. The van der Waals surface area contributed by atoms with Crippen LogP contribution in [-0.2, 0) is 14.8 Å². The van der Waals surface area contributed by atoms with Crippen molar-refractivity contribution in [2.75, 3.05) is 25.2 Å². The summed E-state index contributed by atoms with van der Waals surface area (Å²) in [5.41, 5.74) is 2.28. The van der Waals surface area contributed by atoms with Crippen LogP contribution in [0.2, 0.25) is 5.02 Å². The quantitative estimate of drug-likeness (QED) is 0.545. The van der Waals surface area contributed by atoms with Crippen LogP contribution in [0.5, 0.6) is 0 Å². The highest BCUT2D eigenvalue weighted by Crippen LogP contribution is 2.22. The molecule has 9 heteroatoms. The smallest absolute Gasteiger partial charge is 0.242 e. The molecule has 0 radical (unpaired) electrons. The molecule has 112 valence electrons. The predicted octanol–water partition coefficient (Wildman–Crippen LogP) is 0.725. The van der Waals surface area contributed by atoms with Crippen molar-refractivity contribution in [3.05, 3.63) is 17.3 Å². The van der Waals surface area contributed by atoms with Crippen LogP contribution in [0, 0.1) is 5.92 Å². The van der Waals surface area contributed by atoms with Gasteiger partial charge in [-0.2, -0.15) is 0 Å². The molecule has 2 rings (SSSR count).